The number of benzene rings is 2. The van der Waals surface area contributed by atoms with E-state index in [1.54, 1.807) is 24.3 Å². The molecule has 0 aliphatic heterocycles. The first-order valence-electron chi connectivity index (χ1n) is 6.17. The van der Waals surface area contributed by atoms with Gasteiger partial charge in [-0.2, -0.15) is 0 Å². The largest absolute Gasteiger partial charge is 0.506 e. The summed E-state index contributed by atoms with van der Waals surface area (Å²) in [7, 11) is 2.95. The molecule has 2 aromatic rings. The Hall–Kier alpha value is -2.89. The SMILES string of the molecule is COc1ccc(O)c(NC(=O)c2ccc(N)cc2OC)c1. The fourth-order valence-electron chi connectivity index (χ4n) is 1.83. The fourth-order valence-corrected chi connectivity index (χ4v) is 1.83. The number of carbonyl (C=O) groups is 1. The van der Waals surface area contributed by atoms with Crippen molar-refractivity contribution < 1.29 is 19.4 Å². The average molecular weight is 288 g/mol. The second-order valence-corrected chi connectivity index (χ2v) is 4.30. The van der Waals surface area contributed by atoms with Crippen LogP contribution in [0.3, 0.4) is 0 Å². The molecule has 0 aliphatic carbocycles. The lowest BCUT2D eigenvalue weighted by atomic mass is 10.1. The summed E-state index contributed by atoms with van der Waals surface area (Å²) >= 11 is 0. The monoisotopic (exact) mass is 288 g/mol. The molecule has 0 saturated carbocycles. The summed E-state index contributed by atoms with van der Waals surface area (Å²) in [6.07, 6.45) is 0. The Labute approximate surface area is 122 Å². The van der Waals surface area contributed by atoms with Crippen molar-refractivity contribution in [1.29, 1.82) is 0 Å². The third kappa shape index (κ3) is 3.17. The van der Waals surface area contributed by atoms with Crippen molar-refractivity contribution in [2.75, 3.05) is 25.3 Å². The van der Waals surface area contributed by atoms with E-state index in [2.05, 4.69) is 5.32 Å². The van der Waals surface area contributed by atoms with Crippen LogP contribution in [0.15, 0.2) is 36.4 Å². The Morgan fingerprint density at radius 3 is 2.57 bits per heavy atom. The van der Waals surface area contributed by atoms with Crippen molar-refractivity contribution in [3.05, 3.63) is 42.0 Å². The van der Waals surface area contributed by atoms with Gasteiger partial charge in [0.2, 0.25) is 0 Å². The second-order valence-electron chi connectivity index (χ2n) is 4.30. The molecule has 0 heterocycles. The summed E-state index contributed by atoms with van der Waals surface area (Å²) in [5, 5.41) is 12.4. The number of rotatable bonds is 4. The third-order valence-electron chi connectivity index (χ3n) is 2.92. The smallest absolute Gasteiger partial charge is 0.259 e. The van der Waals surface area contributed by atoms with Gasteiger partial charge in [-0.3, -0.25) is 4.79 Å². The highest BCUT2D eigenvalue weighted by Gasteiger charge is 2.14. The van der Waals surface area contributed by atoms with Crippen molar-refractivity contribution in [3.63, 3.8) is 0 Å². The second kappa shape index (κ2) is 6.04. The van der Waals surface area contributed by atoms with E-state index in [1.807, 2.05) is 0 Å². The summed E-state index contributed by atoms with van der Waals surface area (Å²) in [6, 6.07) is 9.27. The van der Waals surface area contributed by atoms with E-state index in [-0.39, 0.29) is 11.4 Å². The van der Waals surface area contributed by atoms with Gasteiger partial charge in [0.1, 0.15) is 17.2 Å². The maximum atomic E-state index is 12.3. The van der Waals surface area contributed by atoms with Gasteiger partial charge in [0.15, 0.2) is 0 Å². The van der Waals surface area contributed by atoms with Crippen molar-refractivity contribution in [3.8, 4) is 17.2 Å². The molecule has 0 unspecified atom stereocenters. The summed E-state index contributed by atoms with van der Waals surface area (Å²) in [6.45, 7) is 0. The molecule has 0 radical (unpaired) electrons. The summed E-state index contributed by atoms with van der Waals surface area (Å²) < 4.78 is 10.2. The molecular formula is C15H16N2O4. The van der Waals surface area contributed by atoms with Crippen molar-refractivity contribution >= 4 is 17.3 Å². The number of anilines is 2. The predicted octanol–water partition coefficient (Wildman–Crippen LogP) is 2.24. The number of phenolic OH excluding ortho intramolecular Hbond substituents is 1. The lowest BCUT2D eigenvalue weighted by Gasteiger charge is -2.12. The molecule has 21 heavy (non-hydrogen) atoms. The first kappa shape index (κ1) is 14.5. The van der Waals surface area contributed by atoms with Crippen LogP contribution in [0.25, 0.3) is 0 Å². The topological polar surface area (TPSA) is 93.8 Å². The van der Waals surface area contributed by atoms with Gasteiger partial charge >= 0.3 is 0 Å². The van der Waals surface area contributed by atoms with E-state index in [4.69, 9.17) is 15.2 Å². The molecule has 4 N–H and O–H groups in total. The zero-order valence-corrected chi connectivity index (χ0v) is 11.7. The number of phenols is 1. The molecule has 1 amide bonds. The highest BCUT2D eigenvalue weighted by molar-refractivity contribution is 6.07. The lowest BCUT2D eigenvalue weighted by Crippen LogP contribution is -2.13. The number of nitrogens with two attached hydrogens (primary N) is 1. The molecule has 6 heteroatoms. The molecule has 6 nitrogen and oxygen atoms in total. The van der Waals surface area contributed by atoms with Gasteiger partial charge in [0, 0.05) is 17.8 Å². The number of ether oxygens (including phenoxy) is 2. The van der Waals surface area contributed by atoms with Crippen LogP contribution in [-0.4, -0.2) is 25.2 Å². The van der Waals surface area contributed by atoms with E-state index in [1.165, 1.54) is 26.4 Å². The van der Waals surface area contributed by atoms with Gasteiger partial charge in [-0.25, -0.2) is 0 Å². The number of nitrogens with one attached hydrogen (secondary N) is 1. The molecule has 110 valence electrons. The molecular weight excluding hydrogens is 272 g/mol. The van der Waals surface area contributed by atoms with Crippen LogP contribution in [0.5, 0.6) is 17.2 Å². The number of nitrogen functional groups attached to an aromatic ring is 1. The molecule has 2 aromatic carbocycles. The lowest BCUT2D eigenvalue weighted by molar-refractivity contribution is 0.102. The van der Waals surface area contributed by atoms with Gasteiger partial charge < -0.3 is 25.6 Å². The normalized spacial score (nSPS) is 10.0. The summed E-state index contributed by atoms with van der Waals surface area (Å²) in [5.41, 5.74) is 6.70. The van der Waals surface area contributed by atoms with Crippen LogP contribution in [0.1, 0.15) is 10.4 Å². The predicted molar refractivity (Wildman–Crippen MR) is 80.0 cm³/mol. The van der Waals surface area contributed by atoms with Crippen LogP contribution in [-0.2, 0) is 0 Å². The van der Waals surface area contributed by atoms with E-state index < -0.39 is 5.91 Å². The van der Waals surface area contributed by atoms with Crippen LogP contribution >= 0.6 is 0 Å². The highest BCUT2D eigenvalue weighted by Crippen LogP contribution is 2.29. The van der Waals surface area contributed by atoms with E-state index >= 15 is 0 Å². The zero-order valence-electron chi connectivity index (χ0n) is 11.7. The number of hydrogen-bond acceptors (Lipinski definition) is 5. The Bertz CT molecular complexity index is 671. The molecule has 0 fully saturated rings. The van der Waals surface area contributed by atoms with Crippen molar-refractivity contribution in [2.45, 2.75) is 0 Å². The van der Waals surface area contributed by atoms with Crippen LogP contribution in [0.4, 0.5) is 11.4 Å². The number of methoxy groups -OCH3 is 2. The van der Waals surface area contributed by atoms with Gasteiger partial charge in [-0.15, -0.1) is 0 Å². The number of amides is 1. The van der Waals surface area contributed by atoms with E-state index in [0.29, 0.717) is 22.7 Å². The Morgan fingerprint density at radius 1 is 1.14 bits per heavy atom. The van der Waals surface area contributed by atoms with Gasteiger partial charge in [-0.1, -0.05) is 0 Å². The summed E-state index contributed by atoms with van der Waals surface area (Å²) in [4.78, 5) is 12.3. The molecule has 0 bridgehead atoms. The van der Waals surface area contributed by atoms with Gasteiger partial charge in [0.05, 0.1) is 25.5 Å². The Balaban J connectivity index is 2.30. The molecule has 0 spiro atoms. The molecule has 0 atom stereocenters. The minimum absolute atomic E-state index is 0.0569. The number of carbonyl (C=O) groups excluding carboxylic acids is 1. The van der Waals surface area contributed by atoms with Crippen LogP contribution < -0.4 is 20.5 Å². The van der Waals surface area contributed by atoms with E-state index in [9.17, 15) is 9.90 Å². The maximum Gasteiger partial charge on any atom is 0.259 e. The Kier molecular flexibility index (Phi) is 4.18. The molecule has 2 rings (SSSR count). The van der Waals surface area contributed by atoms with Crippen LogP contribution in [0, 0.1) is 0 Å². The van der Waals surface area contributed by atoms with Crippen LogP contribution in [0.2, 0.25) is 0 Å². The third-order valence-corrected chi connectivity index (χ3v) is 2.92. The Morgan fingerprint density at radius 2 is 1.90 bits per heavy atom. The highest BCUT2D eigenvalue weighted by atomic mass is 16.5. The van der Waals surface area contributed by atoms with E-state index in [0.717, 1.165) is 0 Å². The minimum Gasteiger partial charge on any atom is -0.506 e. The zero-order chi connectivity index (χ0) is 15.4. The van der Waals surface area contributed by atoms with Crippen molar-refractivity contribution in [2.24, 2.45) is 0 Å². The average Bonchev–Trinajstić information content (AvgIpc) is 2.49. The molecule has 0 aliphatic rings. The number of aromatic hydroxyl groups is 1. The fraction of sp³-hybridized carbons (Fsp3) is 0.133. The maximum absolute atomic E-state index is 12.3. The minimum atomic E-state index is -0.421. The standard InChI is InChI=1S/C15H16N2O4/c1-20-10-4-6-13(18)12(8-10)17-15(19)11-5-3-9(16)7-14(11)21-2/h3-8,18H,16H2,1-2H3,(H,17,19). The molecule has 0 saturated heterocycles. The number of hydrogen-bond donors (Lipinski definition) is 3. The van der Waals surface area contributed by atoms with Gasteiger partial charge in [-0.05, 0) is 24.3 Å². The first-order chi connectivity index (χ1) is 10.0. The molecule has 0 aromatic heterocycles. The first-order valence-corrected chi connectivity index (χ1v) is 6.17. The quantitative estimate of drug-likeness (QED) is 0.592. The van der Waals surface area contributed by atoms with Gasteiger partial charge in [0.25, 0.3) is 5.91 Å². The van der Waals surface area contributed by atoms with Crippen molar-refractivity contribution in [1.82, 2.24) is 0 Å². The summed E-state index contributed by atoms with van der Waals surface area (Å²) in [5.74, 6) is 0.399.